The number of amides is 6. The number of piperazine rings is 1. The van der Waals surface area contributed by atoms with Gasteiger partial charge in [-0.05, 0) is 38.5 Å². The van der Waals surface area contributed by atoms with Gasteiger partial charge < -0.3 is 10.6 Å². The first-order valence-electron chi connectivity index (χ1n) is 10.6. The predicted molar refractivity (Wildman–Crippen MR) is 103 cm³/mol. The van der Waals surface area contributed by atoms with E-state index in [1.807, 2.05) is 0 Å². The molecule has 0 aromatic rings. The average Bonchev–Trinajstić information content (AvgIpc) is 3.20. The van der Waals surface area contributed by atoms with Gasteiger partial charge in [-0.3, -0.25) is 38.6 Å². The molecule has 3 aliphatic heterocycles. The Morgan fingerprint density at radius 3 is 1.23 bits per heavy atom. The highest BCUT2D eigenvalue weighted by atomic mass is 16.2. The van der Waals surface area contributed by atoms with E-state index in [4.69, 9.17) is 0 Å². The Labute approximate surface area is 174 Å². The molecule has 10 nitrogen and oxygen atoms in total. The minimum atomic E-state index is -0.612. The normalized spacial score (nSPS) is 24.7. The van der Waals surface area contributed by atoms with Crippen LogP contribution in [0.25, 0.3) is 0 Å². The number of hydrogen-bond acceptors (Lipinski definition) is 6. The number of unbranched alkanes of at least 4 members (excludes halogenated alkanes) is 2. The van der Waals surface area contributed by atoms with Gasteiger partial charge in [-0.1, -0.05) is 0 Å². The van der Waals surface area contributed by atoms with Crippen LogP contribution >= 0.6 is 0 Å². The van der Waals surface area contributed by atoms with Gasteiger partial charge in [0.2, 0.25) is 35.4 Å². The van der Waals surface area contributed by atoms with Crippen molar-refractivity contribution in [1.29, 1.82) is 0 Å². The van der Waals surface area contributed by atoms with Crippen LogP contribution in [0, 0.1) is 0 Å². The molecule has 0 radical (unpaired) electrons. The molecule has 3 saturated heterocycles. The van der Waals surface area contributed by atoms with E-state index in [1.54, 1.807) is 0 Å². The number of imide groups is 2. The largest absolute Gasteiger partial charge is 0.343 e. The Hall–Kier alpha value is -2.78. The number of carbonyl (C=O) groups is 6. The van der Waals surface area contributed by atoms with E-state index in [0.717, 1.165) is 0 Å². The summed E-state index contributed by atoms with van der Waals surface area (Å²) in [7, 11) is 0. The van der Waals surface area contributed by atoms with Crippen molar-refractivity contribution in [2.45, 2.75) is 76.3 Å². The van der Waals surface area contributed by atoms with Crippen LogP contribution in [-0.2, 0) is 28.8 Å². The second-order valence-electron chi connectivity index (χ2n) is 7.99. The van der Waals surface area contributed by atoms with Gasteiger partial charge in [0, 0.05) is 38.8 Å². The van der Waals surface area contributed by atoms with Crippen LogP contribution in [0.4, 0.5) is 0 Å². The monoisotopic (exact) mass is 420 g/mol. The Morgan fingerprint density at radius 2 is 0.900 bits per heavy atom. The summed E-state index contributed by atoms with van der Waals surface area (Å²) in [6.07, 6.45) is 4.37. The highest BCUT2D eigenvalue weighted by molar-refractivity contribution is 6.02. The minimum Gasteiger partial charge on any atom is -0.343 e. The van der Waals surface area contributed by atoms with Gasteiger partial charge in [0.05, 0.1) is 0 Å². The van der Waals surface area contributed by atoms with Crippen LogP contribution in [-0.4, -0.2) is 70.4 Å². The third kappa shape index (κ3) is 5.22. The van der Waals surface area contributed by atoms with Crippen molar-refractivity contribution in [3.8, 4) is 0 Å². The van der Waals surface area contributed by atoms with Crippen molar-refractivity contribution in [3.05, 3.63) is 0 Å². The molecule has 0 bridgehead atoms. The van der Waals surface area contributed by atoms with Crippen LogP contribution in [0.3, 0.4) is 0 Å². The first kappa shape index (κ1) is 21.9. The van der Waals surface area contributed by atoms with Crippen molar-refractivity contribution >= 4 is 35.4 Å². The number of hydrogen-bond donors (Lipinski definition) is 2. The molecule has 3 heterocycles. The van der Waals surface area contributed by atoms with Gasteiger partial charge in [-0.15, -0.1) is 0 Å². The lowest BCUT2D eigenvalue weighted by Crippen LogP contribution is -2.61. The molecular formula is C20H28N4O6. The van der Waals surface area contributed by atoms with Crippen LogP contribution in [0.15, 0.2) is 0 Å². The Morgan fingerprint density at radius 1 is 0.567 bits per heavy atom. The predicted octanol–water partition coefficient (Wildman–Crippen LogP) is -0.392. The molecule has 6 amide bonds. The van der Waals surface area contributed by atoms with E-state index in [9.17, 15) is 28.8 Å². The molecular weight excluding hydrogens is 392 g/mol. The molecule has 0 aromatic carbocycles. The smallest absolute Gasteiger partial charge is 0.243 e. The minimum absolute atomic E-state index is 0.148. The van der Waals surface area contributed by atoms with Gasteiger partial charge >= 0.3 is 0 Å². The Balaban J connectivity index is 1.32. The maximum Gasteiger partial charge on any atom is 0.243 e. The van der Waals surface area contributed by atoms with Gasteiger partial charge in [0.25, 0.3) is 0 Å². The van der Waals surface area contributed by atoms with E-state index < -0.39 is 12.1 Å². The van der Waals surface area contributed by atoms with Gasteiger partial charge in [0.15, 0.2) is 0 Å². The zero-order chi connectivity index (χ0) is 21.7. The number of nitrogens with zero attached hydrogens (tertiary/aromatic N) is 2. The van der Waals surface area contributed by atoms with Crippen molar-refractivity contribution in [3.63, 3.8) is 0 Å². The highest BCUT2D eigenvalue weighted by Crippen LogP contribution is 2.16. The summed E-state index contributed by atoms with van der Waals surface area (Å²) in [5, 5.41) is 5.48. The Kier molecular flexibility index (Phi) is 7.17. The standard InChI is InChI=1S/C20H28N4O6/c25-15-7-8-16(26)23(15)11-3-1-5-13-19(29)22-14(20(30)21-13)6-2-4-12-24-17(27)9-10-18(24)28/h13-14H,1-12H2,(H,21,30)(H,22,29). The molecule has 0 aliphatic carbocycles. The summed E-state index contributed by atoms with van der Waals surface area (Å²) < 4.78 is 0. The third-order valence-corrected chi connectivity index (χ3v) is 5.82. The van der Waals surface area contributed by atoms with E-state index in [2.05, 4.69) is 10.6 Å². The fourth-order valence-corrected chi connectivity index (χ4v) is 4.06. The molecule has 10 heteroatoms. The first-order valence-corrected chi connectivity index (χ1v) is 10.6. The quantitative estimate of drug-likeness (QED) is 0.365. The lowest BCUT2D eigenvalue weighted by molar-refractivity contribution is -0.140. The molecule has 2 atom stereocenters. The summed E-state index contributed by atoms with van der Waals surface area (Å²) in [6, 6.07) is -1.22. The molecule has 0 saturated carbocycles. The van der Waals surface area contributed by atoms with Crippen LogP contribution in [0.5, 0.6) is 0 Å². The summed E-state index contributed by atoms with van der Waals surface area (Å²) >= 11 is 0. The topological polar surface area (TPSA) is 133 Å². The maximum absolute atomic E-state index is 12.3. The fraction of sp³-hybridized carbons (Fsp3) is 0.700. The lowest BCUT2D eigenvalue weighted by atomic mass is 10.0. The van der Waals surface area contributed by atoms with Crippen molar-refractivity contribution in [2.75, 3.05) is 13.1 Å². The van der Waals surface area contributed by atoms with E-state index >= 15 is 0 Å². The number of nitrogens with one attached hydrogen (secondary N) is 2. The maximum atomic E-state index is 12.3. The fourth-order valence-electron chi connectivity index (χ4n) is 4.06. The van der Waals surface area contributed by atoms with Crippen LogP contribution in [0.1, 0.15) is 64.2 Å². The second-order valence-corrected chi connectivity index (χ2v) is 7.99. The molecule has 2 N–H and O–H groups in total. The highest BCUT2D eigenvalue weighted by Gasteiger charge is 2.34. The summed E-state index contributed by atoms with van der Waals surface area (Å²) in [6.45, 7) is 0.704. The lowest BCUT2D eigenvalue weighted by Gasteiger charge is -2.30. The van der Waals surface area contributed by atoms with Crippen molar-refractivity contribution in [2.24, 2.45) is 0 Å². The number of rotatable bonds is 10. The summed E-state index contributed by atoms with van der Waals surface area (Å²) in [5.74, 6) is -1.07. The number of likely N-dealkylation sites (tertiary alicyclic amines) is 2. The Bertz CT molecular complexity index is 658. The van der Waals surface area contributed by atoms with Crippen molar-refractivity contribution in [1.82, 2.24) is 20.4 Å². The average molecular weight is 420 g/mol. The van der Waals surface area contributed by atoms with Crippen LogP contribution < -0.4 is 10.6 Å². The molecule has 0 aromatic heterocycles. The summed E-state index contributed by atoms with van der Waals surface area (Å²) in [4.78, 5) is 73.4. The van der Waals surface area contributed by atoms with Gasteiger partial charge in [-0.2, -0.15) is 0 Å². The SMILES string of the molecule is O=C1NC(CCCCN2C(=O)CCC2=O)C(=O)NC1CCCCN1C(=O)CCC1=O. The molecule has 2 unspecified atom stereocenters. The molecule has 164 valence electrons. The molecule has 0 spiro atoms. The van der Waals surface area contributed by atoms with E-state index in [1.165, 1.54) is 9.80 Å². The second kappa shape index (κ2) is 9.82. The van der Waals surface area contributed by atoms with Gasteiger partial charge in [-0.25, -0.2) is 0 Å². The van der Waals surface area contributed by atoms with E-state index in [0.29, 0.717) is 51.6 Å². The van der Waals surface area contributed by atoms with Crippen LogP contribution in [0.2, 0.25) is 0 Å². The summed E-state index contributed by atoms with van der Waals surface area (Å²) in [5.41, 5.74) is 0. The zero-order valence-corrected chi connectivity index (χ0v) is 17.0. The van der Waals surface area contributed by atoms with E-state index in [-0.39, 0.29) is 61.1 Å². The molecule has 3 rings (SSSR count). The third-order valence-electron chi connectivity index (χ3n) is 5.82. The van der Waals surface area contributed by atoms with Crippen molar-refractivity contribution < 1.29 is 28.8 Å². The molecule has 3 fully saturated rings. The molecule has 30 heavy (non-hydrogen) atoms. The zero-order valence-electron chi connectivity index (χ0n) is 17.0. The first-order chi connectivity index (χ1) is 14.4. The molecule has 3 aliphatic rings. The van der Waals surface area contributed by atoms with Gasteiger partial charge in [0.1, 0.15) is 12.1 Å². The number of carbonyl (C=O) groups excluding carboxylic acids is 6.